The first-order valence-electron chi connectivity index (χ1n) is 19.7. The minimum atomic E-state index is -1.27. The molecule has 0 aliphatic carbocycles. The molecule has 2 heterocycles. The van der Waals surface area contributed by atoms with Gasteiger partial charge in [0.2, 0.25) is 0 Å². The largest absolute Gasteiger partial charge is 2.00 e. The predicted molar refractivity (Wildman–Crippen MR) is 239 cm³/mol. The molecule has 0 saturated carbocycles. The number of rotatable bonds is 10. The van der Waals surface area contributed by atoms with E-state index < -0.39 is 16.1 Å². The predicted octanol–water partition coefficient (Wildman–Crippen LogP) is 14.0. The molecule has 2 aromatic heterocycles. The van der Waals surface area contributed by atoms with Gasteiger partial charge in [-0.05, 0) is 48.2 Å². The van der Waals surface area contributed by atoms with Crippen LogP contribution in [0.15, 0.2) is 142 Å². The first-order valence-corrected chi connectivity index (χ1v) is 26.7. The third-order valence-corrected chi connectivity index (χ3v) is 14.6. The summed E-state index contributed by atoms with van der Waals surface area (Å²) in [5.41, 5.74) is 7.48. The normalized spacial score (nSPS) is 11.8. The molecule has 0 bridgehead atoms. The van der Waals surface area contributed by atoms with Crippen LogP contribution >= 0.6 is 0 Å². The van der Waals surface area contributed by atoms with Gasteiger partial charge in [0.05, 0.1) is 39.2 Å². The summed E-state index contributed by atoms with van der Waals surface area (Å²) >= 11 is 0. The second kappa shape index (κ2) is 17.0. The molecule has 0 unspecified atom stereocenters. The zero-order valence-electron chi connectivity index (χ0n) is 33.8. The fourth-order valence-corrected chi connectivity index (χ4v) is 9.72. The number of hydrogen-bond acceptors (Lipinski definition) is 2. The van der Waals surface area contributed by atoms with Crippen LogP contribution in [0.1, 0.15) is 38.2 Å². The van der Waals surface area contributed by atoms with Crippen molar-refractivity contribution in [3.05, 3.63) is 145 Å². The van der Waals surface area contributed by atoms with Crippen molar-refractivity contribution in [2.45, 2.75) is 78.8 Å². The van der Waals surface area contributed by atoms with E-state index in [9.17, 15) is 0 Å². The molecule has 55 heavy (non-hydrogen) atoms. The Hall–Kier alpha value is -4.02. The molecule has 8 rings (SSSR count). The Balaban J connectivity index is 0.000000184. The van der Waals surface area contributed by atoms with Crippen molar-refractivity contribution in [2.24, 2.45) is 0 Å². The molecule has 0 atom stereocenters. The molecule has 0 radical (unpaired) electrons. The Morgan fingerprint density at radius 1 is 0.473 bits per heavy atom. The first kappa shape index (κ1) is 40.6. The monoisotopic (exact) mass is 832 g/mol. The van der Waals surface area contributed by atoms with E-state index >= 15 is 0 Å². The molecule has 278 valence electrons. The van der Waals surface area contributed by atoms with Crippen LogP contribution in [0.5, 0.6) is 0 Å². The molecule has 0 aliphatic heterocycles. The molecule has 0 saturated heterocycles. The molecular weight excluding hydrogens is 780 g/mol. The van der Waals surface area contributed by atoms with Crippen LogP contribution in [0.4, 0.5) is 0 Å². The van der Waals surface area contributed by atoms with Gasteiger partial charge in [-0.1, -0.05) is 159 Å². The van der Waals surface area contributed by atoms with E-state index in [1.165, 1.54) is 65.3 Å². The van der Waals surface area contributed by atoms with Crippen LogP contribution in [0.25, 0.3) is 66.4 Å². The Bertz CT molecular complexity index is 2300. The molecule has 0 fully saturated rings. The third kappa shape index (κ3) is 9.17. The quantitative estimate of drug-likeness (QED) is 0.101. The van der Waals surface area contributed by atoms with Crippen molar-refractivity contribution in [2.75, 3.05) is 0 Å². The van der Waals surface area contributed by atoms with E-state index in [-0.39, 0.29) is 26.2 Å². The minimum Gasteiger partial charge on any atom is -0.496 e. The van der Waals surface area contributed by atoms with Gasteiger partial charge in [0.15, 0.2) is 0 Å². The maximum atomic E-state index is 6.04. The van der Waals surface area contributed by atoms with Crippen molar-refractivity contribution in [1.29, 1.82) is 0 Å². The Labute approximate surface area is 349 Å². The summed E-state index contributed by atoms with van der Waals surface area (Å²) in [5, 5.41) is 8.13. The number of fused-ring (bicyclic) bond motifs is 2. The summed E-state index contributed by atoms with van der Waals surface area (Å²) in [5.74, 6) is 4.07. The number of furan rings is 2. The van der Waals surface area contributed by atoms with E-state index in [4.69, 9.17) is 8.83 Å². The zero-order valence-corrected chi connectivity index (χ0v) is 38.3. The minimum absolute atomic E-state index is 0. The summed E-state index contributed by atoms with van der Waals surface area (Å²) in [7, 11) is -2.54. The van der Waals surface area contributed by atoms with E-state index in [0.717, 1.165) is 48.7 Å². The summed E-state index contributed by atoms with van der Waals surface area (Å²) in [6.45, 7) is 18.7. The average molecular weight is 834 g/mol. The molecule has 0 amide bonds. The fourth-order valence-electron chi connectivity index (χ4n) is 7.38. The van der Waals surface area contributed by atoms with Crippen molar-refractivity contribution in [3.63, 3.8) is 0 Å². The van der Waals surface area contributed by atoms with E-state index in [0.29, 0.717) is 0 Å². The number of hydrogen-bond donors (Lipinski definition) is 0. The SMILES string of the molecule is CCCc1ccc(-c2cc3c(-c4ccc([Si](C)(C)C)cc4)cccc3[cH-]2)o1.CCCc1ccc(-c2cc3c(-c4ccc([Si](C)(C)C)cc4)cccc3[cH-]2)o1.[Zr+2]. The Morgan fingerprint density at radius 2 is 0.855 bits per heavy atom. The van der Waals surface area contributed by atoms with Gasteiger partial charge in [0, 0.05) is 12.8 Å². The Kier molecular flexibility index (Phi) is 12.6. The second-order valence-electron chi connectivity index (χ2n) is 16.8. The molecule has 0 N–H and O–H groups in total. The molecule has 0 spiro atoms. The summed E-state index contributed by atoms with van der Waals surface area (Å²) in [6.07, 6.45) is 4.20. The first-order chi connectivity index (χ1) is 25.9. The standard InChI is InChI=1S/2C25H27OSi.Zr/c2*1-5-7-21-12-15-25(26-21)20-16-19-8-6-9-23(24(19)17-20)18-10-13-22(14-11-18)27(2,3)4;/h2*6,8-17H,5,7H2,1-4H3;/q2*-1;+2. The van der Waals surface area contributed by atoms with E-state index in [1.807, 2.05) is 0 Å². The van der Waals surface area contributed by atoms with Crippen LogP contribution in [0, 0.1) is 0 Å². The van der Waals surface area contributed by atoms with Gasteiger partial charge in [-0.2, -0.15) is 0 Å². The van der Waals surface area contributed by atoms with Gasteiger partial charge in [0.1, 0.15) is 0 Å². The maximum absolute atomic E-state index is 6.04. The maximum Gasteiger partial charge on any atom is 2.00 e. The van der Waals surface area contributed by atoms with Crippen LogP contribution in [-0.2, 0) is 39.0 Å². The number of aryl methyl sites for hydroxylation is 2. The molecular formula is C50H54O2Si2Zr. The number of benzene rings is 4. The average Bonchev–Trinajstić information content (AvgIpc) is 3.97. The van der Waals surface area contributed by atoms with Crippen LogP contribution in [-0.4, -0.2) is 16.1 Å². The summed E-state index contributed by atoms with van der Waals surface area (Å²) < 4.78 is 12.1. The van der Waals surface area contributed by atoms with Crippen molar-refractivity contribution < 1.29 is 35.0 Å². The van der Waals surface area contributed by atoms with Gasteiger partial charge in [-0.15, -0.1) is 57.9 Å². The Morgan fingerprint density at radius 3 is 1.20 bits per heavy atom. The van der Waals surface area contributed by atoms with E-state index in [2.05, 4.69) is 187 Å². The van der Waals surface area contributed by atoms with Gasteiger partial charge in [-0.25, -0.2) is 0 Å². The summed E-state index contributed by atoms with van der Waals surface area (Å²) in [4.78, 5) is 0. The molecule has 8 aromatic rings. The molecule has 5 heteroatoms. The van der Waals surface area contributed by atoms with Gasteiger partial charge >= 0.3 is 26.2 Å². The third-order valence-electron chi connectivity index (χ3n) is 10.5. The van der Waals surface area contributed by atoms with Gasteiger partial charge < -0.3 is 8.83 Å². The smallest absolute Gasteiger partial charge is 0.496 e. The molecule has 2 nitrogen and oxygen atoms in total. The van der Waals surface area contributed by atoms with Crippen LogP contribution < -0.4 is 10.4 Å². The topological polar surface area (TPSA) is 26.3 Å². The van der Waals surface area contributed by atoms with Gasteiger partial charge in [0.25, 0.3) is 0 Å². The van der Waals surface area contributed by atoms with Crippen LogP contribution in [0.2, 0.25) is 39.3 Å². The van der Waals surface area contributed by atoms with Gasteiger partial charge in [-0.3, -0.25) is 0 Å². The summed E-state index contributed by atoms with van der Waals surface area (Å²) in [6, 6.07) is 48.9. The van der Waals surface area contributed by atoms with E-state index in [1.54, 1.807) is 0 Å². The fraction of sp³-hybridized carbons (Fsp3) is 0.240. The molecule has 0 aliphatic rings. The van der Waals surface area contributed by atoms with Crippen molar-refractivity contribution in [1.82, 2.24) is 0 Å². The second-order valence-corrected chi connectivity index (χ2v) is 26.9. The van der Waals surface area contributed by atoms with Crippen molar-refractivity contribution >= 4 is 48.1 Å². The van der Waals surface area contributed by atoms with Crippen LogP contribution in [0.3, 0.4) is 0 Å². The zero-order chi connectivity index (χ0) is 38.0. The van der Waals surface area contributed by atoms with Crippen molar-refractivity contribution in [3.8, 4) is 44.9 Å². The molecule has 6 aromatic carbocycles.